The van der Waals surface area contributed by atoms with Crippen molar-refractivity contribution >= 4 is 11.3 Å². The zero-order valence-corrected chi connectivity index (χ0v) is 14.2. The van der Waals surface area contributed by atoms with Crippen molar-refractivity contribution in [2.45, 2.75) is 26.6 Å². The van der Waals surface area contributed by atoms with E-state index in [1.165, 1.54) is 12.3 Å². The Hall–Kier alpha value is -2.77. The van der Waals surface area contributed by atoms with Crippen LogP contribution in [-0.2, 0) is 16.4 Å². The fraction of sp³-hybridized carbons (Fsp3) is 0.278. The van der Waals surface area contributed by atoms with Crippen LogP contribution in [0.15, 0.2) is 49.2 Å². The normalized spacial score (nSPS) is 11.8. The summed E-state index contributed by atoms with van der Waals surface area (Å²) < 4.78 is 5.62. The molecule has 2 aromatic rings. The average molecular weight is 344 g/mol. The minimum absolute atomic E-state index is 0.120. The first-order valence-electron chi connectivity index (χ1n) is 7.73. The van der Waals surface area contributed by atoms with E-state index in [2.05, 4.69) is 11.6 Å². The molecular weight excluding hydrogens is 324 g/mol. The summed E-state index contributed by atoms with van der Waals surface area (Å²) in [6, 6.07) is 11.0. The highest BCUT2D eigenvalue weighted by Gasteiger charge is 2.24. The summed E-state index contributed by atoms with van der Waals surface area (Å²) in [5.74, 6) is 0.122. The van der Waals surface area contributed by atoms with E-state index >= 15 is 0 Å². The van der Waals surface area contributed by atoms with Crippen LogP contribution in [0.1, 0.15) is 25.1 Å². The predicted octanol–water partition coefficient (Wildman–Crippen LogP) is 3.94. The molecular formula is C18H20N2O5. The number of aromatic nitrogens is 1. The molecule has 2 rings (SSSR count). The van der Waals surface area contributed by atoms with Crippen molar-refractivity contribution in [3.05, 3.63) is 70.5 Å². The van der Waals surface area contributed by atoms with Gasteiger partial charge in [-0.05, 0) is 25.0 Å². The fourth-order valence-electron chi connectivity index (χ4n) is 2.10. The Morgan fingerprint density at radius 2 is 2.00 bits per heavy atom. The maximum absolute atomic E-state index is 11.3. The van der Waals surface area contributed by atoms with Crippen LogP contribution in [0.25, 0.3) is 5.57 Å². The first-order chi connectivity index (χ1) is 12.0. The number of pyridine rings is 1. The van der Waals surface area contributed by atoms with Crippen LogP contribution in [0, 0.1) is 10.1 Å². The van der Waals surface area contributed by atoms with E-state index in [0.29, 0.717) is 12.2 Å². The summed E-state index contributed by atoms with van der Waals surface area (Å²) in [7, 11) is 0. The summed E-state index contributed by atoms with van der Waals surface area (Å²) in [6.45, 7) is 7.53. The molecule has 1 atom stereocenters. The monoisotopic (exact) mass is 344 g/mol. The summed E-state index contributed by atoms with van der Waals surface area (Å²) in [5, 5.41) is 11.3. The number of nitro groups is 1. The molecule has 1 heterocycles. The van der Waals surface area contributed by atoms with Crippen LogP contribution in [0.2, 0.25) is 0 Å². The van der Waals surface area contributed by atoms with E-state index in [1.54, 1.807) is 13.8 Å². The molecule has 25 heavy (non-hydrogen) atoms. The minimum atomic E-state index is -0.522. The van der Waals surface area contributed by atoms with Gasteiger partial charge >= 0.3 is 5.69 Å². The van der Waals surface area contributed by atoms with Gasteiger partial charge in [0.05, 0.1) is 4.92 Å². The largest absolute Gasteiger partial charge is 0.481 e. The topological polar surface area (TPSA) is 83.7 Å². The van der Waals surface area contributed by atoms with Crippen LogP contribution in [-0.4, -0.2) is 22.6 Å². The molecule has 7 nitrogen and oxygen atoms in total. The van der Waals surface area contributed by atoms with Crippen molar-refractivity contribution in [2.75, 3.05) is 6.61 Å². The Labute approximate surface area is 145 Å². The molecule has 132 valence electrons. The molecule has 0 spiro atoms. The van der Waals surface area contributed by atoms with E-state index in [1.807, 2.05) is 30.3 Å². The lowest BCUT2D eigenvalue weighted by molar-refractivity contribution is -0.386. The number of allylic oxidation sites excluding steroid dienone is 1. The summed E-state index contributed by atoms with van der Waals surface area (Å²) in [6.07, 6.45) is 1.00. The van der Waals surface area contributed by atoms with Crippen molar-refractivity contribution < 1.29 is 19.4 Å². The summed E-state index contributed by atoms with van der Waals surface area (Å²) in [4.78, 5) is 25.1. The average Bonchev–Trinajstić information content (AvgIpc) is 2.59. The maximum atomic E-state index is 11.3. The second-order valence-electron chi connectivity index (χ2n) is 5.50. The van der Waals surface area contributed by atoms with Crippen molar-refractivity contribution in [3.63, 3.8) is 0 Å². The van der Waals surface area contributed by atoms with Gasteiger partial charge in [0.15, 0.2) is 0 Å². The number of ether oxygens (including phenoxy) is 1. The molecule has 0 bridgehead atoms. The Morgan fingerprint density at radius 1 is 1.28 bits per heavy atom. The Morgan fingerprint density at radius 3 is 2.64 bits per heavy atom. The Kier molecular flexibility index (Phi) is 6.62. The molecule has 0 aliphatic rings. The van der Waals surface area contributed by atoms with E-state index in [4.69, 9.17) is 14.5 Å². The number of hydrogen-bond donors (Lipinski definition) is 0. The quantitative estimate of drug-likeness (QED) is 0.296. The summed E-state index contributed by atoms with van der Waals surface area (Å²) in [5.41, 5.74) is 1.47. The highest BCUT2D eigenvalue weighted by molar-refractivity contribution is 5.70. The molecule has 0 N–H and O–H groups in total. The van der Waals surface area contributed by atoms with Crippen LogP contribution in [0.4, 0.5) is 5.69 Å². The predicted molar refractivity (Wildman–Crippen MR) is 92.9 cm³/mol. The van der Waals surface area contributed by atoms with Gasteiger partial charge in [-0.3, -0.25) is 10.1 Å². The van der Waals surface area contributed by atoms with Gasteiger partial charge in [0.2, 0.25) is 5.75 Å². The zero-order valence-electron chi connectivity index (χ0n) is 14.2. The van der Waals surface area contributed by atoms with Crippen LogP contribution in [0.5, 0.6) is 5.75 Å². The van der Waals surface area contributed by atoms with Gasteiger partial charge in [0, 0.05) is 12.3 Å². The second kappa shape index (κ2) is 8.91. The Balaban J connectivity index is 1.92. The molecule has 0 aliphatic heterocycles. The second-order valence-corrected chi connectivity index (χ2v) is 5.50. The lowest BCUT2D eigenvalue weighted by Gasteiger charge is -2.15. The van der Waals surface area contributed by atoms with Crippen molar-refractivity contribution in [3.8, 4) is 5.75 Å². The van der Waals surface area contributed by atoms with Gasteiger partial charge in [0.25, 0.3) is 0 Å². The zero-order chi connectivity index (χ0) is 18.2. The molecule has 0 aliphatic carbocycles. The molecule has 1 aromatic carbocycles. The molecule has 0 saturated heterocycles. The van der Waals surface area contributed by atoms with E-state index in [-0.39, 0.29) is 23.7 Å². The van der Waals surface area contributed by atoms with Gasteiger partial charge in [-0.1, -0.05) is 36.9 Å². The number of nitrogens with zero attached hydrogens (tertiary/aromatic N) is 2. The van der Waals surface area contributed by atoms with Crippen LogP contribution >= 0.6 is 0 Å². The smallest absolute Gasteiger partial charge is 0.336 e. The van der Waals surface area contributed by atoms with Crippen LogP contribution < -0.4 is 4.74 Å². The van der Waals surface area contributed by atoms with Crippen molar-refractivity contribution in [1.29, 1.82) is 0 Å². The third-order valence-electron chi connectivity index (χ3n) is 3.26. The molecule has 0 saturated carbocycles. The third-order valence-corrected chi connectivity index (χ3v) is 3.26. The molecule has 7 heteroatoms. The molecule has 1 unspecified atom stereocenters. The van der Waals surface area contributed by atoms with E-state index < -0.39 is 11.0 Å². The van der Waals surface area contributed by atoms with E-state index in [0.717, 1.165) is 5.56 Å². The highest BCUT2D eigenvalue weighted by Crippen LogP contribution is 2.33. The molecule has 1 aromatic heterocycles. The number of benzene rings is 1. The van der Waals surface area contributed by atoms with Gasteiger partial charge < -0.3 is 4.74 Å². The van der Waals surface area contributed by atoms with Crippen molar-refractivity contribution in [1.82, 2.24) is 4.98 Å². The van der Waals surface area contributed by atoms with Gasteiger partial charge in [-0.2, -0.15) is 0 Å². The first kappa shape index (κ1) is 18.6. The van der Waals surface area contributed by atoms with Gasteiger partial charge in [-0.25, -0.2) is 14.8 Å². The molecule has 0 radical (unpaired) electrons. The van der Waals surface area contributed by atoms with Crippen LogP contribution in [0.3, 0.4) is 0 Å². The van der Waals surface area contributed by atoms with E-state index in [9.17, 15) is 10.1 Å². The lowest BCUT2D eigenvalue weighted by atomic mass is 10.2. The SMILES string of the molecule is C=C(C)c1nccc(OC(C)COOCc2ccccc2)c1[N+](=O)[O-]. The molecule has 0 fully saturated rings. The standard InChI is InChI=1S/C18H20N2O5/c1-13(2)17-18(20(21)22)16(9-10-19-17)25-14(3)11-23-24-12-15-7-5-4-6-8-15/h4-10,14H,1,11-12H2,2-3H3. The number of hydrogen-bond acceptors (Lipinski definition) is 6. The summed E-state index contributed by atoms with van der Waals surface area (Å²) >= 11 is 0. The lowest BCUT2D eigenvalue weighted by Crippen LogP contribution is -2.20. The highest BCUT2D eigenvalue weighted by atomic mass is 17.2. The van der Waals surface area contributed by atoms with Gasteiger partial charge in [-0.15, -0.1) is 0 Å². The number of rotatable bonds is 9. The maximum Gasteiger partial charge on any atom is 0.336 e. The fourth-order valence-corrected chi connectivity index (χ4v) is 2.10. The minimum Gasteiger partial charge on any atom is -0.481 e. The van der Waals surface area contributed by atoms with Crippen molar-refractivity contribution in [2.24, 2.45) is 0 Å². The first-order valence-corrected chi connectivity index (χ1v) is 7.73. The third kappa shape index (κ3) is 5.37. The van der Waals surface area contributed by atoms with Gasteiger partial charge in [0.1, 0.15) is 25.0 Å². The molecule has 0 amide bonds. The Bertz CT molecular complexity index is 734.